The van der Waals surface area contributed by atoms with Gasteiger partial charge in [0.2, 0.25) is 0 Å². The summed E-state index contributed by atoms with van der Waals surface area (Å²) in [4.78, 5) is 0. The fraction of sp³-hybridized carbons (Fsp3) is 0.273. The number of hydrogen-bond acceptors (Lipinski definition) is 3. The lowest BCUT2D eigenvalue weighted by atomic mass is 10.0. The van der Waals surface area contributed by atoms with Gasteiger partial charge in [-0.2, -0.15) is 0 Å². The fourth-order valence-electron chi connectivity index (χ4n) is 1.35. The molecule has 0 radical (unpaired) electrons. The molecule has 0 spiro atoms. The van der Waals surface area contributed by atoms with Gasteiger partial charge in [0.05, 0.1) is 26.9 Å². The molecule has 0 saturated carbocycles. The van der Waals surface area contributed by atoms with E-state index in [2.05, 4.69) is 26.2 Å². The summed E-state index contributed by atoms with van der Waals surface area (Å²) in [5.41, 5.74) is 7.01. The third-order valence-corrected chi connectivity index (χ3v) is 3.71. The van der Waals surface area contributed by atoms with Crippen molar-refractivity contribution in [2.45, 2.75) is 19.4 Å². The standard InChI is InChI=1S/C11H12BrClN4/c1-11(2,14)9-6-17(16-15-9)8-5-3-4-7(13)10(8)12/h3-6H,14H2,1-2H3. The summed E-state index contributed by atoms with van der Waals surface area (Å²) >= 11 is 9.45. The molecule has 4 nitrogen and oxygen atoms in total. The van der Waals surface area contributed by atoms with Gasteiger partial charge in [-0.3, -0.25) is 0 Å². The number of nitrogens with two attached hydrogens (primary N) is 1. The van der Waals surface area contributed by atoms with E-state index in [0.29, 0.717) is 5.02 Å². The number of benzene rings is 1. The van der Waals surface area contributed by atoms with Gasteiger partial charge in [0.25, 0.3) is 0 Å². The molecule has 0 fully saturated rings. The van der Waals surface area contributed by atoms with Crippen LogP contribution < -0.4 is 5.73 Å². The average Bonchev–Trinajstić information content (AvgIpc) is 2.70. The van der Waals surface area contributed by atoms with E-state index in [1.807, 2.05) is 26.0 Å². The van der Waals surface area contributed by atoms with Gasteiger partial charge in [0, 0.05) is 0 Å². The highest BCUT2D eigenvalue weighted by Crippen LogP contribution is 2.28. The zero-order chi connectivity index (χ0) is 12.6. The number of nitrogens with zero attached hydrogens (tertiary/aromatic N) is 3. The molecule has 1 heterocycles. The first-order valence-electron chi connectivity index (χ1n) is 5.05. The molecule has 17 heavy (non-hydrogen) atoms. The molecule has 0 unspecified atom stereocenters. The van der Waals surface area contributed by atoms with Crippen LogP contribution in [0.3, 0.4) is 0 Å². The SMILES string of the molecule is CC(C)(N)c1cn(-c2cccc(Cl)c2Br)nn1. The average molecular weight is 316 g/mol. The molecular weight excluding hydrogens is 304 g/mol. The molecular formula is C11H12BrClN4. The first-order chi connectivity index (χ1) is 7.89. The Labute approximate surface area is 113 Å². The molecule has 2 N–H and O–H groups in total. The second kappa shape index (κ2) is 4.40. The van der Waals surface area contributed by atoms with Crippen LogP contribution in [-0.2, 0) is 5.54 Å². The van der Waals surface area contributed by atoms with E-state index in [9.17, 15) is 0 Å². The van der Waals surface area contributed by atoms with Crippen molar-refractivity contribution in [1.82, 2.24) is 15.0 Å². The Morgan fingerprint density at radius 1 is 1.41 bits per heavy atom. The smallest absolute Gasteiger partial charge is 0.102 e. The Kier molecular flexibility index (Phi) is 3.25. The third-order valence-electron chi connectivity index (χ3n) is 2.33. The number of hydrogen-bond donors (Lipinski definition) is 1. The molecule has 6 heteroatoms. The van der Waals surface area contributed by atoms with E-state index >= 15 is 0 Å². The summed E-state index contributed by atoms with van der Waals surface area (Å²) < 4.78 is 2.44. The second-order valence-electron chi connectivity index (χ2n) is 4.34. The molecule has 2 rings (SSSR count). The van der Waals surface area contributed by atoms with Crippen LogP contribution in [0.15, 0.2) is 28.9 Å². The van der Waals surface area contributed by atoms with Crippen LogP contribution >= 0.6 is 27.5 Å². The van der Waals surface area contributed by atoms with E-state index < -0.39 is 5.54 Å². The lowest BCUT2D eigenvalue weighted by Gasteiger charge is -2.13. The van der Waals surface area contributed by atoms with Gasteiger partial charge in [-0.1, -0.05) is 22.9 Å². The van der Waals surface area contributed by atoms with Crippen LogP contribution in [0.5, 0.6) is 0 Å². The monoisotopic (exact) mass is 314 g/mol. The summed E-state index contributed by atoms with van der Waals surface area (Å²) in [6.07, 6.45) is 1.80. The Bertz CT molecular complexity index is 545. The van der Waals surface area contributed by atoms with Gasteiger partial charge in [-0.05, 0) is 41.9 Å². The maximum Gasteiger partial charge on any atom is 0.102 e. The summed E-state index contributed by atoms with van der Waals surface area (Å²) in [5, 5.41) is 8.74. The topological polar surface area (TPSA) is 56.7 Å². The third kappa shape index (κ3) is 2.51. The highest BCUT2D eigenvalue weighted by atomic mass is 79.9. The van der Waals surface area contributed by atoms with Crippen LogP contribution in [0.2, 0.25) is 5.02 Å². The van der Waals surface area contributed by atoms with Crippen molar-refractivity contribution in [2.24, 2.45) is 5.73 Å². The first kappa shape index (κ1) is 12.5. The minimum atomic E-state index is -0.511. The van der Waals surface area contributed by atoms with Crippen LogP contribution in [0, 0.1) is 0 Å². The second-order valence-corrected chi connectivity index (χ2v) is 5.54. The predicted octanol–water partition coefficient (Wildman–Crippen LogP) is 2.88. The number of halogens is 2. The van der Waals surface area contributed by atoms with Gasteiger partial charge >= 0.3 is 0 Å². The summed E-state index contributed by atoms with van der Waals surface area (Å²) in [6, 6.07) is 5.56. The molecule has 2 aromatic rings. The molecule has 0 aliphatic heterocycles. The normalized spacial score (nSPS) is 11.8. The Balaban J connectivity index is 2.48. The fourth-order valence-corrected chi connectivity index (χ4v) is 1.96. The van der Waals surface area contributed by atoms with E-state index in [1.165, 1.54) is 0 Å². The Morgan fingerprint density at radius 2 is 2.12 bits per heavy atom. The van der Waals surface area contributed by atoms with Crippen molar-refractivity contribution in [3.63, 3.8) is 0 Å². The van der Waals surface area contributed by atoms with Crippen LogP contribution in [0.4, 0.5) is 0 Å². The minimum absolute atomic E-state index is 0.511. The van der Waals surface area contributed by atoms with E-state index in [0.717, 1.165) is 15.9 Å². The van der Waals surface area contributed by atoms with Gasteiger partial charge in [0.15, 0.2) is 0 Å². The molecule has 0 bridgehead atoms. The van der Waals surface area contributed by atoms with Crippen LogP contribution in [-0.4, -0.2) is 15.0 Å². The van der Waals surface area contributed by atoms with Gasteiger partial charge in [0.1, 0.15) is 5.69 Å². The van der Waals surface area contributed by atoms with E-state index in [1.54, 1.807) is 16.9 Å². The van der Waals surface area contributed by atoms with Crippen molar-refractivity contribution < 1.29 is 0 Å². The maximum atomic E-state index is 6.03. The van der Waals surface area contributed by atoms with Crippen molar-refractivity contribution in [3.05, 3.63) is 39.6 Å². The zero-order valence-corrected chi connectivity index (χ0v) is 11.8. The summed E-state index contributed by atoms with van der Waals surface area (Å²) in [7, 11) is 0. The van der Waals surface area contributed by atoms with Gasteiger partial charge in [-0.25, -0.2) is 4.68 Å². The van der Waals surface area contributed by atoms with Crippen molar-refractivity contribution in [2.75, 3.05) is 0 Å². The van der Waals surface area contributed by atoms with Crippen molar-refractivity contribution >= 4 is 27.5 Å². The lowest BCUT2D eigenvalue weighted by molar-refractivity contribution is 0.533. The molecule has 0 aliphatic rings. The summed E-state index contributed by atoms with van der Waals surface area (Å²) in [5.74, 6) is 0. The van der Waals surface area contributed by atoms with Crippen molar-refractivity contribution in [1.29, 1.82) is 0 Å². The maximum absolute atomic E-state index is 6.03. The largest absolute Gasteiger partial charge is 0.320 e. The Hall–Kier alpha value is -0.910. The highest BCUT2D eigenvalue weighted by molar-refractivity contribution is 9.10. The van der Waals surface area contributed by atoms with E-state index in [-0.39, 0.29) is 0 Å². The lowest BCUT2D eigenvalue weighted by Crippen LogP contribution is -2.29. The molecule has 1 aromatic carbocycles. The molecule has 1 aromatic heterocycles. The quantitative estimate of drug-likeness (QED) is 0.927. The number of aromatic nitrogens is 3. The van der Waals surface area contributed by atoms with Gasteiger partial charge in [-0.15, -0.1) is 5.10 Å². The highest BCUT2D eigenvalue weighted by Gasteiger charge is 2.19. The van der Waals surface area contributed by atoms with E-state index in [4.69, 9.17) is 17.3 Å². The zero-order valence-electron chi connectivity index (χ0n) is 9.48. The first-order valence-corrected chi connectivity index (χ1v) is 6.23. The summed E-state index contributed by atoms with van der Waals surface area (Å²) in [6.45, 7) is 3.77. The molecule has 0 atom stereocenters. The molecule has 0 aliphatic carbocycles. The molecule has 90 valence electrons. The van der Waals surface area contributed by atoms with Crippen LogP contribution in [0.1, 0.15) is 19.5 Å². The Morgan fingerprint density at radius 3 is 2.71 bits per heavy atom. The minimum Gasteiger partial charge on any atom is -0.320 e. The van der Waals surface area contributed by atoms with Gasteiger partial charge < -0.3 is 5.73 Å². The molecule has 0 amide bonds. The molecule has 0 saturated heterocycles. The van der Waals surface area contributed by atoms with Crippen LogP contribution in [0.25, 0.3) is 5.69 Å². The van der Waals surface area contributed by atoms with Crippen molar-refractivity contribution in [3.8, 4) is 5.69 Å². The number of rotatable bonds is 2. The predicted molar refractivity (Wildman–Crippen MR) is 71.3 cm³/mol.